The molecule has 0 aliphatic carbocycles. The predicted molar refractivity (Wildman–Crippen MR) is 485 cm³/mol. The molecule has 6 amide bonds. The summed E-state index contributed by atoms with van der Waals surface area (Å²) in [5.41, 5.74) is 14.3. The number of likely N-dealkylation sites (tertiary alicyclic amines) is 3. The Balaban J connectivity index is 0.000000187. The SMILES string of the molecule is C.COC(=O)C[C@@H](C(=O)O)c1ccccc1OC.COC(=O)N[C@H](C(=O)N1CCC[C@H]1c1ncc(-c2ccc3cc(-c4ccc(-c5cnc([C@@H]6CCCN6)[nH]5)cc4)ccc3c2)[nH]1)C(C)C.COC(=O)N[C@H](C(=O)N1CCC[C@H]1c1ncc(-c2ccc3cc(-c4ccc(-c5cnc([C@@H]6CCCN6C(=O)[C@H](NC(=O)OC)c6ccccc6C)[nH]5)cc4)ccc3c2)[nH]1)C(C)C. The van der Waals surface area contributed by atoms with Gasteiger partial charge in [-0.2, -0.15) is 0 Å². The van der Waals surface area contributed by atoms with Crippen molar-refractivity contribution in [3.05, 3.63) is 235 Å². The van der Waals surface area contributed by atoms with Gasteiger partial charge in [0, 0.05) is 36.3 Å². The molecule has 29 heteroatoms. The van der Waals surface area contributed by atoms with Gasteiger partial charge < -0.3 is 84.7 Å². The number of nitrogens with zero attached hydrogens (tertiary/aromatic N) is 7. The highest BCUT2D eigenvalue weighted by molar-refractivity contribution is 5.94. The summed E-state index contributed by atoms with van der Waals surface area (Å²) in [5, 5.41) is 25.3. The molecule has 4 fully saturated rings. The van der Waals surface area contributed by atoms with Gasteiger partial charge in [-0.3, -0.25) is 24.0 Å². The number of aryl methyl sites for hydroxylation is 1. The Bertz CT molecular complexity index is 5890. The molecule has 0 unspecified atom stereocenters. The number of carbonyl (C=O) groups excluding carboxylic acids is 7. The summed E-state index contributed by atoms with van der Waals surface area (Å²) in [6.45, 7) is 12.4. The van der Waals surface area contributed by atoms with Crippen LogP contribution in [0.15, 0.2) is 195 Å². The summed E-state index contributed by atoms with van der Waals surface area (Å²) in [4.78, 5) is 138. The van der Waals surface area contributed by atoms with Crippen LogP contribution in [0.1, 0.15) is 169 Å². The van der Waals surface area contributed by atoms with Crippen LogP contribution >= 0.6 is 0 Å². The first-order valence-electron chi connectivity index (χ1n) is 42.7. The van der Waals surface area contributed by atoms with Gasteiger partial charge in [-0.1, -0.05) is 175 Å². The molecular formula is C98H111N15O14. The van der Waals surface area contributed by atoms with Gasteiger partial charge in [-0.25, -0.2) is 34.3 Å². The topological polar surface area (TPSA) is 376 Å². The molecule has 8 heterocycles. The predicted octanol–water partition coefficient (Wildman–Crippen LogP) is 17.2. The van der Waals surface area contributed by atoms with Gasteiger partial charge in [0.25, 0.3) is 5.91 Å². The van der Waals surface area contributed by atoms with E-state index in [0.717, 1.165) is 169 Å². The lowest BCUT2D eigenvalue weighted by molar-refractivity contribution is -0.147. The molecule has 0 spiro atoms. The number of fused-ring (bicyclic) bond motifs is 2. The highest BCUT2D eigenvalue weighted by Gasteiger charge is 2.41. The van der Waals surface area contributed by atoms with E-state index in [1.54, 1.807) is 29.2 Å². The van der Waals surface area contributed by atoms with E-state index in [0.29, 0.717) is 42.8 Å². The number of carbonyl (C=O) groups is 8. The zero-order valence-corrected chi connectivity index (χ0v) is 72.3. The molecule has 9 N–H and O–H groups in total. The molecule has 4 aliphatic rings. The van der Waals surface area contributed by atoms with Gasteiger partial charge >= 0.3 is 30.2 Å². The number of para-hydroxylation sites is 1. The third-order valence-corrected chi connectivity index (χ3v) is 24.1. The number of alkyl carbamates (subject to hydrolysis) is 3. The average molecular weight is 1720 g/mol. The summed E-state index contributed by atoms with van der Waals surface area (Å²) >= 11 is 0. The first-order valence-corrected chi connectivity index (χ1v) is 42.7. The van der Waals surface area contributed by atoms with E-state index in [1.807, 2.05) is 93.5 Å². The number of H-pyrrole nitrogens is 4. The molecule has 4 saturated heterocycles. The number of esters is 1. The summed E-state index contributed by atoms with van der Waals surface area (Å²) < 4.78 is 24.0. The van der Waals surface area contributed by atoms with E-state index in [9.17, 15) is 38.4 Å². The standard InChI is InChI=1S/C48H52N8O6.C37H41N7O3.C12H14O5.CH4/c1-28(2)41(53-47(59)61-4)45(57)55-22-8-12-39(55)44-50-27-38(52-44)35-21-20-33-24-32(18-19-34(33)25-35)30-14-16-31(17-15-30)37-26-49-43(51-37)40-13-9-23-56(40)46(58)42(54-48(60)62-5)36-11-7-6-10-29(36)3;1-22(2)33(43-37(46)47-3)36(45)44-17-5-7-32(44)35-40-21-31(42-35)28-15-14-26-18-25(12-13-27(26)19-28)23-8-10-24(11-9-23)30-20-39-34(41-30)29-6-4-16-38-29;1-16-10-6-4-3-5-8(10)9(12(14)15)7-11(13)17-2;/h6-7,10-11,14-21,24-28,39-42H,8-9,12-13,22-23H2,1-5H3,(H,49,51)(H,50,52)(H,53,59)(H,54,60);8-15,18-22,29,32-33,38H,4-7,16-17H2,1-3H3,(H,39,41)(H,40,42)(H,43,46);3-6,9H,7H2,1-2H3,(H,14,15);1H4/t39-,40-,41-,42+;29-,32-,33-;9-;/m001./s1. The first-order chi connectivity index (χ1) is 61.0. The molecule has 127 heavy (non-hydrogen) atoms. The van der Waals surface area contributed by atoms with Crippen LogP contribution in [0.3, 0.4) is 0 Å². The average Bonchev–Trinajstić information content (AvgIpc) is 1.01. The fraction of sp³-hybridized carbons (Fsp3) is 0.347. The van der Waals surface area contributed by atoms with E-state index in [1.165, 1.54) is 42.0 Å². The van der Waals surface area contributed by atoms with Crippen molar-refractivity contribution in [1.82, 2.24) is 75.8 Å². The largest absolute Gasteiger partial charge is 0.496 e. The van der Waals surface area contributed by atoms with Crippen LogP contribution < -0.4 is 26.0 Å². The number of imidazole rings is 4. The second kappa shape index (κ2) is 41.2. The lowest BCUT2D eigenvalue weighted by Crippen LogP contribution is -2.51. The van der Waals surface area contributed by atoms with Crippen molar-refractivity contribution in [3.8, 4) is 73.0 Å². The minimum Gasteiger partial charge on any atom is -0.496 e. The number of hydrogen-bond donors (Lipinski definition) is 9. The van der Waals surface area contributed by atoms with Crippen molar-refractivity contribution in [3.63, 3.8) is 0 Å². The van der Waals surface area contributed by atoms with Crippen LogP contribution in [0.25, 0.3) is 88.8 Å². The number of hydrogen-bond acceptors (Lipinski definition) is 18. The second-order valence-corrected chi connectivity index (χ2v) is 32.7. The minimum atomic E-state index is -1.08. The normalized spacial score (nSPS) is 16.9. The Labute approximate surface area is 737 Å². The number of carboxylic acids is 1. The number of nitrogens with one attached hydrogen (secondary N) is 8. The molecule has 12 aromatic rings. The van der Waals surface area contributed by atoms with Gasteiger partial charge in [0.05, 0.1) is 120 Å². The van der Waals surface area contributed by atoms with E-state index < -0.39 is 54.3 Å². The molecule has 8 aromatic carbocycles. The van der Waals surface area contributed by atoms with Crippen molar-refractivity contribution in [2.45, 2.75) is 148 Å². The van der Waals surface area contributed by atoms with Crippen LogP contribution in [0.2, 0.25) is 0 Å². The monoisotopic (exact) mass is 1720 g/mol. The summed E-state index contributed by atoms with van der Waals surface area (Å²) in [7, 11) is 6.56. The molecule has 0 saturated carbocycles. The van der Waals surface area contributed by atoms with Crippen molar-refractivity contribution >= 4 is 69.5 Å². The molecule has 0 radical (unpaired) electrons. The minimum absolute atomic E-state index is 0. The highest BCUT2D eigenvalue weighted by atomic mass is 16.5. The van der Waals surface area contributed by atoms with Crippen LogP contribution in [0, 0.1) is 18.8 Å². The maximum Gasteiger partial charge on any atom is 0.407 e. The molecule has 4 aliphatic heterocycles. The number of carboxylic acid groups (broad SMARTS) is 1. The van der Waals surface area contributed by atoms with Gasteiger partial charge in [-0.05, 0) is 173 Å². The zero-order chi connectivity index (χ0) is 88.8. The molecule has 4 aromatic heterocycles. The maximum absolute atomic E-state index is 14.1. The quantitative estimate of drug-likeness (QED) is 0.0200. The molecule has 662 valence electrons. The van der Waals surface area contributed by atoms with E-state index in [4.69, 9.17) is 39.0 Å². The third kappa shape index (κ3) is 20.9. The van der Waals surface area contributed by atoms with Crippen molar-refractivity contribution < 1.29 is 67.1 Å². The number of methoxy groups -OCH3 is 5. The van der Waals surface area contributed by atoms with Gasteiger partial charge in [-0.15, -0.1) is 0 Å². The lowest BCUT2D eigenvalue weighted by atomic mass is 9.95. The summed E-state index contributed by atoms with van der Waals surface area (Å²) in [6, 6.07) is 54.4. The number of aromatic nitrogens is 8. The fourth-order valence-electron chi connectivity index (χ4n) is 17.2. The van der Waals surface area contributed by atoms with Crippen molar-refractivity contribution in [2.75, 3.05) is 61.7 Å². The number of benzene rings is 8. The van der Waals surface area contributed by atoms with E-state index in [-0.39, 0.29) is 61.5 Å². The van der Waals surface area contributed by atoms with Gasteiger partial charge in [0.15, 0.2) is 0 Å². The second-order valence-electron chi connectivity index (χ2n) is 32.7. The van der Waals surface area contributed by atoms with Crippen LogP contribution in [0.4, 0.5) is 14.4 Å². The smallest absolute Gasteiger partial charge is 0.407 e. The van der Waals surface area contributed by atoms with Crippen LogP contribution in [0.5, 0.6) is 5.75 Å². The molecule has 29 nitrogen and oxygen atoms in total. The Kier molecular flexibility index (Phi) is 29.5. The number of ether oxygens (including phenoxy) is 5. The molecule has 8 atom stereocenters. The van der Waals surface area contributed by atoms with Crippen LogP contribution in [-0.4, -0.2) is 181 Å². The van der Waals surface area contributed by atoms with Crippen molar-refractivity contribution in [1.29, 1.82) is 0 Å². The van der Waals surface area contributed by atoms with Crippen molar-refractivity contribution in [2.24, 2.45) is 11.8 Å². The van der Waals surface area contributed by atoms with Crippen LogP contribution in [-0.2, 0) is 42.9 Å². The first kappa shape index (κ1) is 90.8. The summed E-state index contributed by atoms with van der Waals surface area (Å²) in [5.74, 6) is 0.393. The fourth-order valence-corrected chi connectivity index (χ4v) is 17.2. The van der Waals surface area contributed by atoms with Gasteiger partial charge in [0.1, 0.15) is 47.2 Å². The zero-order valence-electron chi connectivity index (χ0n) is 72.3. The number of aromatic amines is 4. The number of amides is 6. The Morgan fingerprint density at radius 1 is 0.425 bits per heavy atom. The number of aliphatic carboxylic acids is 1. The molecular weight excluding hydrogens is 1610 g/mol. The Morgan fingerprint density at radius 2 is 0.795 bits per heavy atom. The third-order valence-electron chi connectivity index (χ3n) is 24.1. The van der Waals surface area contributed by atoms with E-state index in [2.05, 4.69) is 172 Å². The lowest BCUT2D eigenvalue weighted by Gasteiger charge is -2.30. The molecule has 16 rings (SSSR count). The Hall–Kier alpha value is -14.0. The van der Waals surface area contributed by atoms with E-state index >= 15 is 0 Å². The van der Waals surface area contributed by atoms with Gasteiger partial charge in [0.2, 0.25) is 11.8 Å². The number of rotatable bonds is 24. The molecule has 0 bridgehead atoms. The summed E-state index contributed by atoms with van der Waals surface area (Å²) in [6.07, 6.45) is 12.5. The highest BCUT2D eigenvalue weighted by Crippen LogP contribution is 2.40. The Morgan fingerprint density at radius 3 is 1.20 bits per heavy atom. The maximum atomic E-state index is 14.1.